The van der Waals surface area contributed by atoms with Crippen LogP contribution in [0, 0.1) is 13.8 Å². The molecule has 1 aliphatic carbocycles. The zero-order chi connectivity index (χ0) is 16.0. The fourth-order valence-corrected chi connectivity index (χ4v) is 3.21. The smallest absolute Gasteiger partial charge is 0.235 e. The molecule has 0 saturated heterocycles. The van der Waals surface area contributed by atoms with Crippen molar-refractivity contribution in [2.45, 2.75) is 32.1 Å². The van der Waals surface area contributed by atoms with E-state index in [1.807, 2.05) is 50.2 Å². The van der Waals surface area contributed by atoms with Gasteiger partial charge in [0.1, 0.15) is 0 Å². The van der Waals surface area contributed by atoms with Crippen LogP contribution in [-0.4, -0.2) is 12.7 Å². The van der Waals surface area contributed by atoms with Gasteiger partial charge in [-0.15, -0.1) is 0 Å². The lowest BCUT2D eigenvalue weighted by Crippen LogP contribution is -2.28. The number of nitrogens with one attached hydrogen (secondary N) is 1. The van der Waals surface area contributed by atoms with E-state index in [0.717, 1.165) is 46.7 Å². The minimum absolute atomic E-state index is 0.0637. The maximum Gasteiger partial charge on any atom is 0.235 e. The van der Waals surface area contributed by atoms with Gasteiger partial charge >= 0.3 is 0 Å². The molecule has 0 unspecified atom stereocenters. The number of para-hydroxylation sites is 1. The summed E-state index contributed by atoms with van der Waals surface area (Å²) >= 11 is 0. The zero-order valence-corrected chi connectivity index (χ0v) is 13.3. The quantitative estimate of drug-likeness (QED) is 0.940. The van der Waals surface area contributed by atoms with Crippen LogP contribution in [0.3, 0.4) is 0 Å². The zero-order valence-electron chi connectivity index (χ0n) is 13.3. The van der Waals surface area contributed by atoms with Crippen LogP contribution in [0.15, 0.2) is 36.4 Å². The highest BCUT2D eigenvalue weighted by atomic mass is 16.7. The second kappa shape index (κ2) is 5.01. The molecule has 4 heteroatoms. The number of hydrogen-bond donors (Lipinski definition) is 1. The van der Waals surface area contributed by atoms with Crippen LogP contribution in [0.2, 0.25) is 0 Å². The molecule has 1 heterocycles. The summed E-state index contributed by atoms with van der Waals surface area (Å²) in [4.78, 5) is 12.9. The van der Waals surface area contributed by atoms with E-state index in [4.69, 9.17) is 9.47 Å². The van der Waals surface area contributed by atoms with Crippen LogP contribution in [0.4, 0.5) is 5.69 Å². The van der Waals surface area contributed by atoms with Crippen molar-refractivity contribution in [3.63, 3.8) is 0 Å². The van der Waals surface area contributed by atoms with Gasteiger partial charge in [0.15, 0.2) is 11.5 Å². The van der Waals surface area contributed by atoms with Crippen molar-refractivity contribution >= 4 is 11.6 Å². The molecule has 0 aromatic heterocycles. The lowest BCUT2D eigenvalue weighted by Gasteiger charge is -2.18. The summed E-state index contributed by atoms with van der Waals surface area (Å²) in [6, 6.07) is 11.9. The molecule has 4 nitrogen and oxygen atoms in total. The Bertz CT molecular complexity index is 773. The molecular formula is C19H19NO3. The van der Waals surface area contributed by atoms with Crippen LogP contribution < -0.4 is 14.8 Å². The molecule has 1 fully saturated rings. The highest BCUT2D eigenvalue weighted by Gasteiger charge is 2.51. The first kappa shape index (κ1) is 14.1. The van der Waals surface area contributed by atoms with Crippen LogP contribution >= 0.6 is 0 Å². The van der Waals surface area contributed by atoms with Crippen molar-refractivity contribution in [3.05, 3.63) is 53.1 Å². The molecule has 1 aliphatic heterocycles. The largest absolute Gasteiger partial charge is 0.454 e. The molecule has 1 amide bonds. The number of hydrogen-bond acceptors (Lipinski definition) is 3. The normalized spacial score (nSPS) is 17.0. The Kier molecular flexibility index (Phi) is 3.08. The van der Waals surface area contributed by atoms with Crippen molar-refractivity contribution in [1.82, 2.24) is 0 Å². The molecule has 4 rings (SSSR count). The van der Waals surface area contributed by atoms with Crippen molar-refractivity contribution in [3.8, 4) is 11.5 Å². The third-order valence-corrected chi connectivity index (χ3v) is 4.83. The molecule has 1 N–H and O–H groups in total. The van der Waals surface area contributed by atoms with Gasteiger partial charge in [-0.25, -0.2) is 0 Å². The summed E-state index contributed by atoms with van der Waals surface area (Å²) in [5.41, 5.74) is 3.66. The van der Waals surface area contributed by atoms with E-state index in [1.54, 1.807) is 0 Å². The Morgan fingerprint density at radius 3 is 2.43 bits per heavy atom. The third kappa shape index (κ3) is 2.25. The SMILES string of the molecule is Cc1cccc(C)c1NC(=O)C1(c2ccc3c(c2)OCO3)CC1. The van der Waals surface area contributed by atoms with Crippen LogP contribution in [0.5, 0.6) is 11.5 Å². The first-order valence-corrected chi connectivity index (χ1v) is 7.88. The third-order valence-electron chi connectivity index (χ3n) is 4.83. The van der Waals surface area contributed by atoms with Crippen LogP contribution in [0.25, 0.3) is 0 Å². The van der Waals surface area contributed by atoms with Gasteiger partial charge in [-0.2, -0.15) is 0 Å². The van der Waals surface area contributed by atoms with E-state index in [0.29, 0.717) is 0 Å². The number of rotatable bonds is 3. The maximum atomic E-state index is 12.9. The van der Waals surface area contributed by atoms with E-state index in [9.17, 15) is 4.79 Å². The van der Waals surface area contributed by atoms with Crippen molar-refractivity contribution in [2.24, 2.45) is 0 Å². The number of carbonyl (C=O) groups excluding carboxylic acids is 1. The van der Waals surface area contributed by atoms with Gasteiger partial charge in [0.25, 0.3) is 0 Å². The number of aryl methyl sites for hydroxylation is 2. The highest BCUT2D eigenvalue weighted by Crippen LogP contribution is 2.51. The number of fused-ring (bicyclic) bond motifs is 1. The summed E-state index contributed by atoms with van der Waals surface area (Å²) in [6.45, 7) is 4.28. The Morgan fingerprint density at radius 2 is 1.74 bits per heavy atom. The number of amides is 1. The molecule has 0 atom stereocenters. The van der Waals surface area contributed by atoms with E-state index in [1.165, 1.54) is 0 Å². The van der Waals surface area contributed by atoms with Crippen molar-refractivity contribution in [2.75, 3.05) is 12.1 Å². The fourth-order valence-electron chi connectivity index (χ4n) is 3.21. The predicted octanol–water partition coefficient (Wildman–Crippen LogP) is 3.70. The van der Waals surface area contributed by atoms with Gasteiger partial charge in [-0.1, -0.05) is 24.3 Å². The van der Waals surface area contributed by atoms with Crippen LogP contribution in [0.1, 0.15) is 29.5 Å². The number of carbonyl (C=O) groups is 1. The molecule has 23 heavy (non-hydrogen) atoms. The molecule has 0 radical (unpaired) electrons. The molecule has 0 bridgehead atoms. The molecular weight excluding hydrogens is 290 g/mol. The van der Waals surface area contributed by atoms with Gasteiger partial charge in [-0.3, -0.25) is 4.79 Å². The molecule has 2 aliphatic rings. The highest BCUT2D eigenvalue weighted by molar-refractivity contribution is 6.02. The van der Waals surface area contributed by atoms with E-state index in [2.05, 4.69) is 5.32 Å². The van der Waals surface area contributed by atoms with Crippen molar-refractivity contribution in [1.29, 1.82) is 0 Å². The minimum atomic E-state index is -0.435. The lowest BCUT2D eigenvalue weighted by atomic mass is 9.94. The topological polar surface area (TPSA) is 47.6 Å². The van der Waals surface area contributed by atoms with E-state index >= 15 is 0 Å². The molecule has 118 valence electrons. The van der Waals surface area contributed by atoms with Gasteiger partial charge in [0.05, 0.1) is 5.41 Å². The lowest BCUT2D eigenvalue weighted by molar-refractivity contribution is -0.118. The predicted molar refractivity (Wildman–Crippen MR) is 88.0 cm³/mol. The Morgan fingerprint density at radius 1 is 1.04 bits per heavy atom. The second-order valence-corrected chi connectivity index (χ2v) is 6.37. The van der Waals surface area contributed by atoms with Gasteiger partial charge in [0, 0.05) is 5.69 Å². The number of benzene rings is 2. The maximum absolute atomic E-state index is 12.9. The summed E-state index contributed by atoms with van der Waals surface area (Å²) < 4.78 is 10.8. The Balaban J connectivity index is 1.63. The van der Waals surface area contributed by atoms with Gasteiger partial charge < -0.3 is 14.8 Å². The first-order valence-electron chi connectivity index (χ1n) is 7.88. The summed E-state index contributed by atoms with van der Waals surface area (Å²) in [5.74, 6) is 1.54. The fraction of sp³-hybridized carbons (Fsp3) is 0.316. The van der Waals surface area contributed by atoms with E-state index < -0.39 is 5.41 Å². The van der Waals surface area contributed by atoms with Crippen LogP contribution in [-0.2, 0) is 10.2 Å². The standard InChI is InChI=1S/C19H19NO3/c1-12-4-3-5-13(2)17(12)20-18(21)19(8-9-19)14-6-7-15-16(10-14)23-11-22-15/h3-7,10H,8-9,11H2,1-2H3,(H,20,21). The minimum Gasteiger partial charge on any atom is -0.454 e. The number of ether oxygens (including phenoxy) is 2. The molecule has 1 saturated carbocycles. The molecule has 0 spiro atoms. The average molecular weight is 309 g/mol. The van der Waals surface area contributed by atoms with Gasteiger partial charge in [-0.05, 0) is 55.5 Å². The van der Waals surface area contributed by atoms with E-state index in [-0.39, 0.29) is 12.7 Å². The second-order valence-electron chi connectivity index (χ2n) is 6.37. The molecule has 2 aromatic carbocycles. The Labute approximate surface area is 135 Å². The van der Waals surface area contributed by atoms with Crippen molar-refractivity contribution < 1.29 is 14.3 Å². The average Bonchev–Trinajstić information content (AvgIpc) is 3.22. The summed E-state index contributed by atoms with van der Waals surface area (Å²) in [6.07, 6.45) is 1.73. The summed E-state index contributed by atoms with van der Waals surface area (Å²) in [5, 5.41) is 3.14. The first-order chi connectivity index (χ1) is 11.1. The Hall–Kier alpha value is -2.49. The summed E-state index contributed by atoms with van der Waals surface area (Å²) in [7, 11) is 0. The van der Waals surface area contributed by atoms with Gasteiger partial charge in [0.2, 0.25) is 12.7 Å². The monoisotopic (exact) mass is 309 g/mol. The number of anilines is 1. The molecule has 2 aromatic rings.